The average Bonchev–Trinajstić information content (AvgIpc) is 2.88. The van der Waals surface area contributed by atoms with Crippen molar-refractivity contribution in [1.82, 2.24) is 14.1 Å². The largest absolute Gasteiger partial charge is 0.484 e. The highest BCUT2D eigenvalue weighted by Gasteiger charge is 2.35. The molecule has 0 spiro atoms. The maximum atomic E-state index is 14.0. The molecule has 0 N–H and O–H groups in total. The summed E-state index contributed by atoms with van der Waals surface area (Å²) in [5, 5.41) is 0. The van der Waals surface area contributed by atoms with Crippen molar-refractivity contribution in [3.63, 3.8) is 0 Å². The number of carbonyl (C=O) groups is 2. The van der Waals surface area contributed by atoms with E-state index in [0.717, 1.165) is 6.07 Å². The number of nitrogens with zero attached hydrogens (tertiary/aromatic N) is 3. The Hall–Kier alpha value is -2.98. The molecule has 4 rings (SSSR count). The Morgan fingerprint density at radius 3 is 2.12 bits per heavy atom. The Balaban J connectivity index is 1.24. The maximum absolute atomic E-state index is 14.0. The minimum atomic E-state index is -3.94. The van der Waals surface area contributed by atoms with Crippen LogP contribution in [0.1, 0.15) is 12.8 Å². The lowest BCUT2D eigenvalue weighted by Crippen LogP contribution is -2.53. The molecular formula is C24H28FN3O5S. The molecule has 0 unspecified atom stereocenters. The van der Waals surface area contributed by atoms with Crippen molar-refractivity contribution in [3.05, 3.63) is 60.4 Å². The standard InChI is InChI=1S/C24H28FN3O5S/c25-21-8-4-5-9-22(21)34(31,32)28-16-14-27(15-17-28)24(30)19-10-12-26(13-11-19)23(29)18-33-20-6-2-1-3-7-20/h1-9,19H,10-18H2. The number of hydrogen-bond acceptors (Lipinski definition) is 5. The van der Waals surface area contributed by atoms with E-state index >= 15 is 0 Å². The van der Waals surface area contributed by atoms with Crippen LogP contribution in [0.3, 0.4) is 0 Å². The summed E-state index contributed by atoms with van der Waals surface area (Å²) in [4.78, 5) is 28.5. The quantitative estimate of drug-likeness (QED) is 0.619. The minimum absolute atomic E-state index is 0.0180. The lowest BCUT2D eigenvalue weighted by Gasteiger charge is -2.38. The summed E-state index contributed by atoms with van der Waals surface area (Å²) in [5.41, 5.74) is 0. The summed E-state index contributed by atoms with van der Waals surface area (Å²) in [6, 6.07) is 14.4. The third-order valence-corrected chi connectivity index (χ3v) is 8.24. The molecule has 2 heterocycles. The monoisotopic (exact) mass is 489 g/mol. The summed E-state index contributed by atoms with van der Waals surface area (Å²) in [6.45, 7) is 1.69. The second-order valence-corrected chi connectivity index (χ2v) is 10.3. The SMILES string of the molecule is O=C(COc1ccccc1)N1CCC(C(=O)N2CCN(S(=O)(=O)c3ccccc3F)CC2)CC1. The van der Waals surface area contributed by atoms with Crippen LogP contribution < -0.4 is 4.74 Å². The molecule has 2 aliphatic heterocycles. The molecule has 2 fully saturated rings. The van der Waals surface area contributed by atoms with E-state index in [1.54, 1.807) is 21.9 Å². The fourth-order valence-corrected chi connectivity index (χ4v) is 5.82. The maximum Gasteiger partial charge on any atom is 0.260 e. The number of carbonyl (C=O) groups excluding carboxylic acids is 2. The summed E-state index contributed by atoms with van der Waals surface area (Å²) in [6.07, 6.45) is 1.12. The van der Waals surface area contributed by atoms with Gasteiger partial charge >= 0.3 is 0 Å². The number of piperazine rings is 1. The van der Waals surface area contributed by atoms with Gasteiger partial charge in [0, 0.05) is 45.2 Å². The van der Waals surface area contributed by atoms with Gasteiger partial charge in [-0.2, -0.15) is 4.31 Å². The highest BCUT2D eigenvalue weighted by molar-refractivity contribution is 7.89. The van der Waals surface area contributed by atoms with E-state index in [2.05, 4.69) is 0 Å². The molecule has 2 aromatic rings. The van der Waals surface area contributed by atoms with Gasteiger partial charge in [-0.05, 0) is 37.1 Å². The van der Waals surface area contributed by atoms with Crippen molar-refractivity contribution in [1.29, 1.82) is 0 Å². The van der Waals surface area contributed by atoms with E-state index in [0.29, 0.717) is 31.7 Å². The zero-order valence-electron chi connectivity index (χ0n) is 18.8. The summed E-state index contributed by atoms with van der Waals surface area (Å²) < 4.78 is 46.3. The van der Waals surface area contributed by atoms with Crippen LogP contribution in [-0.4, -0.2) is 80.2 Å². The number of rotatable bonds is 6. The zero-order chi connectivity index (χ0) is 24.1. The number of amides is 2. The molecule has 0 atom stereocenters. The Labute approximate surface area is 198 Å². The van der Waals surface area contributed by atoms with Crippen LogP contribution in [0, 0.1) is 11.7 Å². The molecule has 182 valence electrons. The molecule has 10 heteroatoms. The van der Waals surface area contributed by atoms with Crippen LogP contribution in [-0.2, 0) is 19.6 Å². The van der Waals surface area contributed by atoms with Gasteiger partial charge in [-0.1, -0.05) is 30.3 Å². The number of halogens is 1. The Morgan fingerprint density at radius 1 is 0.853 bits per heavy atom. The van der Waals surface area contributed by atoms with E-state index in [1.165, 1.54) is 22.5 Å². The van der Waals surface area contributed by atoms with E-state index in [-0.39, 0.29) is 55.4 Å². The zero-order valence-corrected chi connectivity index (χ0v) is 19.6. The molecular weight excluding hydrogens is 461 g/mol. The molecule has 2 aromatic carbocycles. The second-order valence-electron chi connectivity index (χ2n) is 8.42. The predicted octanol–water partition coefficient (Wildman–Crippen LogP) is 1.98. The Morgan fingerprint density at radius 2 is 1.47 bits per heavy atom. The summed E-state index contributed by atoms with van der Waals surface area (Å²) in [5.74, 6) is -0.473. The highest BCUT2D eigenvalue weighted by Crippen LogP contribution is 2.24. The first-order chi connectivity index (χ1) is 16.4. The molecule has 0 aromatic heterocycles. The summed E-state index contributed by atoms with van der Waals surface area (Å²) in [7, 11) is -3.94. The fourth-order valence-electron chi connectivity index (χ4n) is 4.33. The topological polar surface area (TPSA) is 87.2 Å². The van der Waals surface area contributed by atoms with Gasteiger partial charge in [-0.3, -0.25) is 9.59 Å². The van der Waals surface area contributed by atoms with E-state index in [1.807, 2.05) is 18.2 Å². The van der Waals surface area contributed by atoms with Crippen molar-refractivity contribution < 1.29 is 27.1 Å². The first kappa shape index (κ1) is 24.2. The number of likely N-dealkylation sites (tertiary alicyclic amines) is 1. The van der Waals surface area contributed by atoms with Crippen molar-refractivity contribution >= 4 is 21.8 Å². The van der Waals surface area contributed by atoms with Crippen LogP contribution in [0.25, 0.3) is 0 Å². The van der Waals surface area contributed by atoms with Gasteiger partial charge < -0.3 is 14.5 Å². The lowest BCUT2D eigenvalue weighted by molar-refractivity contribution is -0.142. The predicted molar refractivity (Wildman–Crippen MR) is 123 cm³/mol. The van der Waals surface area contributed by atoms with Crippen LogP contribution in [0.15, 0.2) is 59.5 Å². The molecule has 0 saturated carbocycles. The third-order valence-electron chi connectivity index (χ3n) is 6.31. The van der Waals surface area contributed by atoms with Gasteiger partial charge in [0.2, 0.25) is 15.9 Å². The van der Waals surface area contributed by atoms with Gasteiger partial charge in [-0.15, -0.1) is 0 Å². The van der Waals surface area contributed by atoms with Gasteiger partial charge in [-0.25, -0.2) is 12.8 Å². The second kappa shape index (κ2) is 10.5. The van der Waals surface area contributed by atoms with Crippen LogP contribution in [0.2, 0.25) is 0 Å². The average molecular weight is 490 g/mol. The number of para-hydroxylation sites is 1. The minimum Gasteiger partial charge on any atom is -0.484 e. The molecule has 2 aliphatic rings. The van der Waals surface area contributed by atoms with Crippen LogP contribution >= 0.6 is 0 Å². The van der Waals surface area contributed by atoms with Crippen molar-refractivity contribution in [3.8, 4) is 5.75 Å². The van der Waals surface area contributed by atoms with E-state index in [4.69, 9.17) is 4.74 Å². The van der Waals surface area contributed by atoms with Gasteiger partial charge in [0.1, 0.15) is 16.5 Å². The van der Waals surface area contributed by atoms with E-state index < -0.39 is 15.8 Å². The smallest absolute Gasteiger partial charge is 0.260 e. The van der Waals surface area contributed by atoms with Gasteiger partial charge in [0.15, 0.2) is 6.61 Å². The first-order valence-electron chi connectivity index (χ1n) is 11.4. The van der Waals surface area contributed by atoms with Crippen molar-refractivity contribution in [2.75, 3.05) is 45.9 Å². The molecule has 8 nitrogen and oxygen atoms in total. The number of sulfonamides is 1. The summed E-state index contributed by atoms with van der Waals surface area (Å²) >= 11 is 0. The Bertz CT molecular complexity index is 1110. The van der Waals surface area contributed by atoms with Gasteiger partial charge in [0.25, 0.3) is 5.91 Å². The van der Waals surface area contributed by atoms with Crippen LogP contribution in [0.5, 0.6) is 5.75 Å². The molecule has 0 aliphatic carbocycles. The number of ether oxygens (including phenoxy) is 1. The molecule has 34 heavy (non-hydrogen) atoms. The molecule has 0 radical (unpaired) electrons. The molecule has 0 bridgehead atoms. The van der Waals surface area contributed by atoms with Crippen molar-refractivity contribution in [2.45, 2.75) is 17.7 Å². The third kappa shape index (κ3) is 5.39. The molecule has 2 amide bonds. The van der Waals surface area contributed by atoms with Crippen LogP contribution in [0.4, 0.5) is 4.39 Å². The highest BCUT2D eigenvalue weighted by atomic mass is 32.2. The first-order valence-corrected chi connectivity index (χ1v) is 12.8. The lowest BCUT2D eigenvalue weighted by atomic mass is 9.95. The number of benzene rings is 2. The number of hydrogen-bond donors (Lipinski definition) is 0. The molecule has 2 saturated heterocycles. The van der Waals surface area contributed by atoms with E-state index in [9.17, 15) is 22.4 Å². The van der Waals surface area contributed by atoms with Gasteiger partial charge in [0.05, 0.1) is 0 Å². The normalized spacial score (nSPS) is 18.0. The Kier molecular flexibility index (Phi) is 7.47. The van der Waals surface area contributed by atoms with Crippen molar-refractivity contribution in [2.24, 2.45) is 5.92 Å². The number of piperidine rings is 1. The fraction of sp³-hybridized carbons (Fsp3) is 0.417.